The van der Waals surface area contributed by atoms with Gasteiger partial charge in [-0.1, -0.05) is 17.7 Å². The maximum Gasteiger partial charge on any atom is 0.266 e. The quantitative estimate of drug-likeness (QED) is 0.854. The monoisotopic (exact) mass is 325 g/mol. The average Bonchev–Trinajstić information content (AvgIpc) is 2.40. The number of hydrogen-bond donors (Lipinski definition) is 0. The highest BCUT2D eigenvalue weighted by atomic mass is 35.5. The van der Waals surface area contributed by atoms with E-state index in [1.807, 2.05) is 37.8 Å². The molecule has 1 aliphatic rings. The van der Waals surface area contributed by atoms with E-state index in [-0.39, 0.29) is 18.1 Å². The van der Waals surface area contributed by atoms with Crippen LogP contribution in [0, 0.1) is 6.92 Å². The minimum atomic E-state index is -0.978. The summed E-state index contributed by atoms with van der Waals surface area (Å²) in [7, 11) is 0. The number of aryl methyl sites for hydroxylation is 1. The van der Waals surface area contributed by atoms with Crippen molar-refractivity contribution in [3.8, 4) is 5.75 Å². The highest BCUT2D eigenvalue weighted by Gasteiger charge is 2.37. The molecule has 1 aliphatic heterocycles. The molecule has 0 unspecified atom stereocenters. The van der Waals surface area contributed by atoms with Gasteiger partial charge in [-0.05, 0) is 52.3 Å². The number of benzene rings is 1. The van der Waals surface area contributed by atoms with Crippen LogP contribution in [0.4, 0.5) is 0 Å². The summed E-state index contributed by atoms with van der Waals surface area (Å²) < 4.78 is 11.6. The number of morpholine rings is 1. The molecule has 4 nitrogen and oxygen atoms in total. The zero-order valence-corrected chi connectivity index (χ0v) is 14.6. The van der Waals surface area contributed by atoms with Crippen molar-refractivity contribution in [2.75, 3.05) is 13.1 Å². The predicted octanol–water partition coefficient (Wildman–Crippen LogP) is 3.44. The molecule has 1 heterocycles. The molecule has 1 fully saturated rings. The number of hydrogen-bond acceptors (Lipinski definition) is 3. The van der Waals surface area contributed by atoms with E-state index in [1.165, 1.54) is 0 Å². The largest absolute Gasteiger partial charge is 0.476 e. The second-order valence-electron chi connectivity index (χ2n) is 6.51. The van der Waals surface area contributed by atoms with Gasteiger partial charge in [-0.2, -0.15) is 0 Å². The van der Waals surface area contributed by atoms with Crippen LogP contribution >= 0.6 is 11.6 Å². The van der Waals surface area contributed by atoms with E-state index in [2.05, 4.69) is 0 Å². The first-order valence-corrected chi connectivity index (χ1v) is 7.97. The fourth-order valence-electron chi connectivity index (χ4n) is 2.73. The number of nitrogens with zero attached hydrogens (tertiary/aromatic N) is 1. The zero-order chi connectivity index (χ0) is 16.5. The molecule has 5 heteroatoms. The first kappa shape index (κ1) is 17.1. The van der Waals surface area contributed by atoms with Gasteiger partial charge in [0.15, 0.2) is 5.60 Å². The Morgan fingerprint density at radius 2 is 1.91 bits per heavy atom. The van der Waals surface area contributed by atoms with E-state index in [4.69, 9.17) is 21.1 Å². The first-order chi connectivity index (χ1) is 10.2. The van der Waals surface area contributed by atoms with Gasteiger partial charge in [0.05, 0.1) is 17.2 Å². The van der Waals surface area contributed by atoms with Gasteiger partial charge in [0, 0.05) is 13.1 Å². The zero-order valence-electron chi connectivity index (χ0n) is 13.9. The summed E-state index contributed by atoms with van der Waals surface area (Å²) in [6.07, 6.45) is 0.0668. The van der Waals surface area contributed by atoms with Gasteiger partial charge in [-0.15, -0.1) is 0 Å². The van der Waals surface area contributed by atoms with Crippen LogP contribution in [-0.2, 0) is 9.53 Å². The molecule has 0 aliphatic carbocycles. The highest BCUT2D eigenvalue weighted by Crippen LogP contribution is 2.30. The standard InChI is InChI=1S/C17H24ClNO3/c1-11-6-7-14(18)15(8-11)22-17(4,5)16(20)19-9-12(2)21-13(3)10-19/h6-8,12-13H,9-10H2,1-5H3/t12-,13+. The molecule has 2 atom stereocenters. The van der Waals surface area contributed by atoms with E-state index in [9.17, 15) is 4.79 Å². The lowest BCUT2D eigenvalue weighted by molar-refractivity contribution is -0.156. The lowest BCUT2D eigenvalue weighted by atomic mass is 10.1. The maximum absolute atomic E-state index is 12.8. The lowest BCUT2D eigenvalue weighted by Gasteiger charge is -2.39. The Hall–Kier alpha value is -1.26. The van der Waals surface area contributed by atoms with Crippen molar-refractivity contribution in [1.29, 1.82) is 0 Å². The number of halogens is 1. The minimum Gasteiger partial charge on any atom is -0.476 e. The van der Waals surface area contributed by atoms with Crippen LogP contribution in [0.2, 0.25) is 5.02 Å². The van der Waals surface area contributed by atoms with Crippen molar-refractivity contribution < 1.29 is 14.3 Å². The van der Waals surface area contributed by atoms with Gasteiger partial charge in [0.1, 0.15) is 5.75 Å². The topological polar surface area (TPSA) is 38.8 Å². The summed E-state index contributed by atoms with van der Waals surface area (Å²) in [5.74, 6) is 0.487. The number of carbonyl (C=O) groups is 1. The first-order valence-electron chi connectivity index (χ1n) is 7.59. The molecule has 122 valence electrons. The molecule has 0 radical (unpaired) electrons. The highest BCUT2D eigenvalue weighted by molar-refractivity contribution is 6.32. The third kappa shape index (κ3) is 3.93. The third-order valence-electron chi connectivity index (χ3n) is 3.67. The van der Waals surface area contributed by atoms with Crippen LogP contribution in [-0.4, -0.2) is 41.7 Å². The molecule has 0 bridgehead atoms. The molecule has 2 rings (SSSR count). The average molecular weight is 326 g/mol. The molecule has 0 aromatic heterocycles. The van der Waals surface area contributed by atoms with Crippen molar-refractivity contribution >= 4 is 17.5 Å². The molecule has 0 N–H and O–H groups in total. The Morgan fingerprint density at radius 3 is 2.50 bits per heavy atom. The fourth-order valence-corrected chi connectivity index (χ4v) is 2.89. The normalized spacial score (nSPS) is 22.5. The van der Waals surface area contributed by atoms with Gasteiger partial charge in [-0.25, -0.2) is 0 Å². The summed E-state index contributed by atoms with van der Waals surface area (Å²) >= 11 is 6.17. The molecule has 1 amide bonds. The Balaban J connectivity index is 2.15. The molecule has 1 aromatic carbocycles. The van der Waals surface area contributed by atoms with Crippen molar-refractivity contribution in [3.05, 3.63) is 28.8 Å². The summed E-state index contributed by atoms with van der Waals surface area (Å²) in [5, 5.41) is 0.509. The van der Waals surface area contributed by atoms with E-state index >= 15 is 0 Å². The fraction of sp³-hybridized carbons (Fsp3) is 0.588. The van der Waals surface area contributed by atoms with Gasteiger partial charge >= 0.3 is 0 Å². The summed E-state index contributed by atoms with van der Waals surface area (Å²) in [5.41, 5.74) is 0.0602. The Labute approximate surface area is 137 Å². The number of ether oxygens (including phenoxy) is 2. The van der Waals surface area contributed by atoms with Gasteiger partial charge in [0.25, 0.3) is 5.91 Å². The maximum atomic E-state index is 12.8. The van der Waals surface area contributed by atoms with E-state index in [1.54, 1.807) is 19.9 Å². The van der Waals surface area contributed by atoms with Crippen molar-refractivity contribution in [2.24, 2.45) is 0 Å². The van der Waals surface area contributed by atoms with E-state index < -0.39 is 5.60 Å². The summed E-state index contributed by atoms with van der Waals surface area (Å²) in [6, 6.07) is 5.54. The molecule has 0 saturated carbocycles. The van der Waals surface area contributed by atoms with Gasteiger partial charge in [-0.3, -0.25) is 4.79 Å². The summed E-state index contributed by atoms with van der Waals surface area (Å²) in [6.45, 7) is 10.6. The second kappa shape index (κ2) is 6.47. The smallest absolute Gasteiger partial charge is 0.266 e. The number of amides is 1. The Bertz CT molecular complexity index is 549. The van der Waals surface area contributed by atoms with E-state index in [0.29, 0.717) is 23.9 Å². The summed E-state index contributed by atoms with van der Waals surface area (Å²) in [4.78, 5) is 14.6. The van der Waals surface area contributed by atoms with E-state index in [0.717, 1.165) is 5.56 Å². The second-order valence-corrected chi connectivity index (χ2v) is 6.92. The van der Waals surface area contributed by atoms with Gasteiger partial charge in [0.2, 0.25) is 0 Å². The molecule has 1 saturated heterocycles. The predicted molar refractivity (Wildman–Crippen MR) is 87.5 cm³/mol. The Morgan fingerprint density at radius 1 is 1.32 bits per heavy atom. The van der Waals surface area contributed by atoms with Crippen LogP contribution in [0.3, 0.4) is 0 Å². The molecule has 0 spiro atoms. The molecular weight excluding hydrogens is 302 g/mol. The number of carbonyl (C=O) groups excluding carboxylic acids is 1. The van der Waals surface area contributed by atoms with Crippen LogP contribution in [0.25, 0.3) is 0 Å². The van der Waals surface area contributed by atoms with Crippen LogP contribution in [0.15, 0.2) is 18.2 Å². The van der Waals surface area contributed by atoms with Crippen molar-refractivity contribution in [1.82, 2.24) is 4.90 Å². The minimum absolute atomic E-state index is 0.0334. The molecule has 22 heavy (non-hydrogen) atoms. The van der Waals surface area contributed by atoms with Crippen LogP contribution in [0.1, 0.15) is 33.3 Å². The number of rotatable bonds is 3. The van der Waals surface area contributed by atoms with Crippen molar-refractivity contribution in [2.45, 2.75) is 52.4 Å². The third-order valence-corrected chi connectivity index (χ3v) is 3.99. The van der Waals surface area contributed by atoms with Gasteiger partial charge < -0.3 is 14.4 Å². The van der Waals surface area contributed by atoms with Crippen molar-refractivity contribution in [3.63, 3.8) is 0 Å². The molecular formula is C17H24ClNO3. The lowest BCUT2D eigenvalue weighted by Crippen LogP contribution is -2.55. The van der Waals surface area contributed by atoms with Crippen LogP contribution < -0.4 is 4.74 Å². The van der Waals surface area contributed by atoms with Crippen LogP contribution in [0.5, 0.6) is 5.75 Å². The molecule has 1 aromatic rings. The SMILES string of the molecule is Cc1ccc(Cl)c(OC(C)(C)C(=O)N2C[C@@H](C)O[C@@H](C)C2)c1. The Kier molecular flexibility index (Phi) is 5.03.